The predicted molar refractivity (Wildman–Crippen MR) is 112 cm³/mol. The zero-order valence-electron chi connectivity index (χ0n) is 16.6. The summed E-state index contributed by atoms with van der Waals surface area (Å²) in [6.45, 7) is 6.47. The standard InChI is InChI=1S/C21H29N3O3S/c1-4-6-16-9-11-17(12-10-16)21(15(2)3)23-14-20(25)24-18-7-5-8-19(13-18)28(22,26)27/h5,7-13,15,21,23H,4,6,14H2,1-3H3,(H,24,25)(H2,22,26,27)/t21-/m1/s1. The first kappa shape index (κ1) is 22.1. The number of hydrogen-bond donors (Lipinski definition) is 3. The molecule has 2 rings (SSSR count). The lowest BCUT2D eigenvalue weighted by molar-refractivity contribution is -0.115. The Kier molecular flexibility index (Phi) is 7.74. The molecule has 0 saturated heterocycles. The minimum Gasteiger partial charge on any atom is -0.325 e. The van der Waals surface area contributed by atoms with Gasteiger partial charge in [-0.15, -0.1) is 0 Å². The van der Waals surface area contributed by atoms with E-state index in [1.165, 1.54) is 23.8 Å². The molecule has 28 heavy (non-hydrogen) atoms. The molecule has 0 fully saturated rings. The van der Waals surface area contributed by atoms with Crippen LogP contribution < -0.4 is 15.8 Å². The fourth-order valence-electron chi connectivity index (χ4n) is 3.08. The lowest BCUT2D eigenvalue weighted by Gasteiger charge is -2.23. The molecule has 0 aliphatic carbocycles. The molecule has 0 aromatic heterocycles. The summed E-state index contributed by atoms with van der Waals surface area (Å²) >= 11 is 0. The van der Waals surface area contributed by atoms with Crippen molar-refractivity contribution in [2.75, 3.05) is 11.9 Å². The number of hydrogen-bond acceptors (Lipinski definition) is 4. The van der Waals surface area contributed by atoms with Gasteiger partial charge in [0.2, 0.25) is 15.9 Å². The van der Waals surface area contributed by atoms with Crippen LogP contribution in [0.3, 0.4) is 0 Å². The first-order valence-electron chi connectivity index (χ1n) is 9.45. The number of carbonyl (C=O) groups is 1. The highest BCUT2D eigenvalue weighted by atomic mass is 32.2. The number of carbonyl (C=O) groups excluding carboxylic acids is 1. The summed E-state index contributed by atoms with van der Waals surface area (Å²) in [6.07, 6.45) is 2.16. The van der Waals surface area contributed by atoms with Gasteiger partial charge in [0.1, 0.15) is 0 Å². The summed E-state index contributed by atoms with van der Waals surface area (Å²) in [5.74, 6) is 0.0513. The van der Waals surface area contributed by atoms with Crippen molar-refractivity contribution in [1.82, 2.24) is 5.32 Å². The van der Waals surface area contributed by atoms with E-state index in [4.69, 9.17) is 5.14 Å². The number of sulfonamides is 1. The number of anilines is 1. The first-order valence-corrected chi connectivity index (χ1v) is 11.0. The van der Waals surface area contributed by atoms with Crippen LogP contribution in [0.2, 0.25) is 0 Å². The van der Waals surface area contributed by atoms with E-state index in [0.29, 0.717) is 11.6 Å². The Labute approximate surface area is 167 Å². The van der Waals surface area contributed by atoms with Crippen LogP contribution in [0.15, 0.2) is 53.4 Å². The molecule has 0 aliphatic heterocycles. The minimum atomic E-state index is -3.81. The average Bonchev–Trinajstić information content (AvgIpc) is 2.62. The van der Waals surface area contributed by atoms with Crippen molar-refractivity contribution in [1.29, 1.82) is 0 Å². The van der Waals surface area contributed by atoms with Crippen LogP contribution in [0, 0.1) is 5.92 Å². The number of amides is 1. The predicted octanol–water partition coefficient (Wildman–Crippen LogP) is 3.21. The summed E-state index contributed by atoms with van der Waals surface area (Å²) in [5.41, 5.74) is 2.84. The Morgan fingerprint density at radius 2 is 1.79 bits per heavy atom. The van der Waals surface area contributed by atoms with E-state index in [9.17, 15) is 13.2 Å². The van der Waals surface area contributed by atoms with Crippen LogP contribution >= 0.6 is 0 Å². The quantitative estimate of drug-likeness (QED) is 0.598. The van der Waals surface area contributed by atoms with Gasteiger partial charge in [0, 0.05) is 11.7 Å². The third-order valence-electron chi connectivity index (χ3n) is 4.47. The maximum atomic E-state index is 12.3. The first-order chi connectivity index (χ1) is 13.2. The summed E-state index contributed by atoms with van der Waals surface area (Å²) in [6, 6.07) is 14.4. The zero-order chi connectivity index (χ0) is 20.7. The summed E-state index contributed by atoms with van der Waals surface area (Å²) < 4.78 is 22.9. The Hall–Kier alpha value is -2.22. The maximum absolute atomic E-state index is 12.3. The lowest BCUT2D eigenvalue weighted by Crippen LogP contribution is -2.33. The van der Waals surface area contributed by atoms with E-state index in [-0.39, 0.29) is 23.4 Å². The molecule has 0 radical (unpaired) electrons. The van der Waals surface area contributed by atoms with E-state index in [1.54, 1.807) is 6.07 Å². The fourth-order valence-corrected chi connectivity index (χ4v) is 3.64. The van der Waals surface area contributed by atoms with Crippen molar-refractivity contribution in [3.8, 4) is 0 Å². The van der Waals surface area contributed by atoms with E-state index in [1.807, 2.05) is 0 Å². The average molecular weight is 404 g/mol. The normalized spacial score (nSPS) is 12.8. The SMILES string of the molecule is CCCc1ccc([C@H](NCC(=O)Nc2cccc(S(N)(=O)=O)c2)C(C)C)cc1. The van der Waals surface area contributed by atoms with Gasteiger partial charge >= 0.3 is 0 Å². The molecule has 2 aromatic rings. The number of benzene rings is 2. The Morgan fingerprint density at radius 3 is 2.36 bits per heavy atom. The molecule has 2 aromatic carbocycles. The third kappa shape index (κ3) is 6.44. The molecular formula is C21H29N3O3S. The monoisotopic (exact) mass is 403 g/mol. The van der Waals surface area contributed by atoms with Crippen molar-refractivity contribution in [2.24, 2.45) is 11.1 Å². The van der Waals surface area contributed by atoms with E-state index in [0.717, 1.165) is 18.4 Å². The van der Waals surface area contributed by atoms with Gasteiger partial charge in [-0.2, -0.15) is 0 Å². The molecule has 0 spiro atoms. The Bertz CT molecular complexity index is 893. The molecular weight excluding hydrogens is 374 g/mol. The van der Waals surface area contributed by atoms with Crippen LogP contribution in [0.1, 0.15) is 44.4 Å². The number of primary sulfonamides is 1. The number of nitrogens with two attached hydrogens (primary N) is 1. The highest BCUT2D eigenvalue weighted by Crippen LogP contribution is 2.22. The third-order valence-corrected chi connectivity index (χ3v) is 5.38. The maximum Gasteiger partial charge on any atom is 0.238 e. The number of aryl methyl sites for hydroxylation is 1. The van der Waals surface area contributed by atoms with Gasteiger partial charge in [-0.1, -0.05) is 57.5 Å². The lowest BCUT2D eigenvalue weighted by atomic mass is 9.94. The van der Waals surface area contributed by atoms with E-state index >= 15 is 0 Å². The van der Waals surface area contributed by atoms with Gasteiger partial charge in [-0.05, 0) is 41.7 Å². The Balaban J connectivity index is 2.01. The molecule has 0 heterocycles. The van der Waals surface area contributed by atoms with Crippen LogP contribution in [-0.4, -0.2) is 20.9 Å². The fraction of sp³-hybridized carbons (Fsp3) is 0.381. The molecule has 0 aliphatic rings. The molecule has 1 atom stereocenters. The highest BCUT2D eigenvalue weighted by molar-refractivity contribution is 7.89. The molecule has 7 heteroatoms. The van der Waals surface area contributed by atoms with Crippen LogP contribution in [0.25, 0.3) is 0 Å². The highest BCUT2D eigenvalue weighted by Gasteiger charge is 2.17. The zero-order valence-corrected chi connectivity index (χ0v) is 17.4. The topological polar surface area (TPSA) is 101 Å². The second-order valence-corrected chi connectivity index (χ2v) is 8.78. The largest absolute Gasteiger partial charge is 0.325 e. The summed E-state index contributed by atoms with van der Waals surface area (Å²) in [4.78, 5) is 12.3. The molecule has 6 nitrogen and oxygen atoms in total. The second kappa shape index (κ2) is 9.82. The molecule has 0 saturated carbocycles. The van der Waals surface area contributed by atoms with E-state index < -0.39 is 10.0 Å². The van der Waals surface area contributed by atoms with Gasteiger partial charge in [-0.3, -0.25) is 4.79 Å². The van der Waals surface area contributed by atoms with Crippen LogP contribution in [0.4, 0.5) is 5.69 Å². The van der Waals surface area contributed by atoms with E-state index in [2.05, 4.69) is 55.7 Å². The smallest absolute Gasteiger partial charge is 0.238 e. The van der Waals surface area contributed by atoms with Crippen molar-refractivity contribution in [2.45, 2.75) is 44.6 Å². The molecule has 0 unspecified atom stereocenters. The minimum absolute atomic E-state index is 0.0366. The van der Waals surface area contributed by atoms with Crippen molar-refractivity contribution >= 4 is 21.6 Å². The molecule has 1 amide bonds. The van der Waals surface area contributed by atoms with Crippen LogP contribution in [0.5, 0.6) is 0 Å². The number of rotatable bonds is 9. The van der Waals surface area contributed by atoms with Gasteiger partial charge in [0.05, 0.1) is 11.4 Å². The van der Waals surface area contributed by atoms with Gasteiger partial charge < -0.3 is 10.6 Å². The van der Waals surface area contributed by atoms with Crippen molar-refractivity contribution < 1.29 is 13.2 Å². The van der Waals surface area contributed by atoms with Crippen LogP contribution in [-0.2, 0) is 21.2 Å². The van der Waals surface area contributed by atoms with Crippen molar-refractivity contribution in [3.05, 3.63) is 59.7 Å². The number of nitrogens with one attached hydrogen (secondary N) is 2. The molecule has 152 valence electrons. The second-order valence-electron chi connectivity index (χ2n) is 7.22. The summed E-state index contributed by atoms with van der Waals surface area (Å²) in [5, 5.41) is 11.1. The Morgan fingerprint density at radius 1 is 1.11 bits per heavy atom. The summed E-state index contributed by atoms with van der Waals surface area (Å²) in [7, 11) is -3.81. The van der Waals surface area contributed by atoms with Gasteiger partial charge in [-0.25, -0.2) is 13.6 Å². The molecule has 0 bridgehead atoms. The van der Waals surface area contributed by atoms with Crippen molar-refractivity contribution in [3.63, 3.8) is 0 Å². The molecule has 4 N–H and O–H groups in total. The van der Waals surface area contributed by atoms with Gasteiger partial charge in [0.25, 0.3) is 0 Å². The van der Waals surface area contributed by atoms with Gasteiger partial charge in [0.15, 0.2) is 0 Å².